The molecule has 0 bridgehead atoms. The third-order valence-corrected chi connectivity index (χ3v) is 8.12. The van der Waals surface area contributed by atoms with Crippen LogP contribution in [0.25, 0.3) is 49.7 Å². The molecule has 0 saturated heterocycles. The predicted molar refractivity (Wildman–Crippen MR) is 153 cm³/mol. The molecule has 0 saturated carbocycles. The van der Waals surface area contributed by atoms with Crippen molar-refractivity contribution in [2.75, 3.05) is 0 Å². The number of aromatic nitrogens is 1. The number of benzene rings is 5. The fourth-order valence-corrected chi connectivity index (χ4v) is 5.92. The molecule has 0 aliphatic heterocycles. The maximum absolute atomic E-state index is 2.42. The molecule has 1 aromatic heterocycles. The first kappa shape index (κ1) is 21.2. The van der Waals surface area contributed by atoms with Crippen LogP contribution in [0.3, 0.4) is 0 Å². The zero-order valence-corrected chi connectivity index (χ0v) is 20.8. The van der Waals surface area contributed by atoms with Gasteiger partial charge in [-0.1, -0.05) is 80.6 Å². The van der Waals surface area contributed by atoms with Crippen LogP contribution < -0.4 is 0 Å². The Morgan fingerprint density at radius 1 is 0.639 bits per heavy atom. The predicted octanol–water partition coefficient (Wildman–Crippen LogP) is 9.54. The van der Waals surface area contributed by atoms with Crippen molar-refractivity contribution in [1.82, 2.24) is 4.57 Å². The molecular formula is C35H29N. The van der Waals surface area contributed by atoms with Crippen LogP contribution in [0.2, 0.25) is 0 Å². The summed E-state index contributed by atoms with van der Waals surface area (Å²) in [5, 5.41) is 2.65. The number of fused-ring (bicyclic) bond motifs is 6. The van der Waals surface area contributed by atoms with Gasteiger partial charge < -0.3 is 4.57 Å². The van der Waals surface area contributed by atoms with Crippen LogP contribution in [0.5, 0.6) is 0 Å². The Labute approximate surface area is 212 Å². The fraction of sp³-hybridized carbons (Fsp3) is 0.143. The Balaban J connectivity index is 1.45. The Morgan fingerprint density at radius 3 is 2.14 bits per heavy atom. The molecule has 1 heterocycles. The summed E-state index contributed by atoms with van der Waals surface area (Å²) in [7, 11) is 0. The van der Waals surface area contributed by atoms with Gasteiger partial charge in [0.05, 0.1) is 11.0 Å². The van der Waals surface area contributed by atoms with Crippen LogP contribution in [0.15, 0.2) is 109 Å². The molecule has 7 rings (SSSR count). The zero-order chi connectivity index (χ0) is 24.2. The van der Waals surface area contributed by atoms with Crippen molar-refractivity contribution in [1.29, 1.82) is 0 Å². The maximum atomic E-state index is 2.42. The van der Waals surface area contributed by atoms with E-state index in [-0.39, 0.29) is 0 Å². The topological polar surface area (TPSA) is 4.93 Å². The van der Waals surface area contributed by atoms with Gasteiger partial charge in [-0.15, -0.1) is 0 Å². The van der Waals surface area contributed by atoms with Gasteiger partial charge in [-0.25, -0.2) is 0 Å². The van der Waals surface area contributed by atoms with E-state index in [0.717, 1.165) is 12.8 Å². The summed E-state index contributed by atoms with van der Waals surface area (Å²) < 4.78 is 2.41. The van der Waals surface area contributed by atoms with Crippen LogP contribution in [0.1, 0.15) is 42.9 Å². The lowest BCUT2D eigenvalue weighted by molar-refractivity contribution is 0.735. The molecule has 0 radical (unpaired) electrons. The van der Waals surface area contributed by atoms with Crippen molar-refractivity contribution in [3.05, 3.63) is 126 Å². The Kier molecular flexibility index (Phi) is 4.85. The summed E-state index contributed by atoms with van der Waals surface area (Å²) in [5.74, 6) is 0.546. The molecule has 0 N–H and O–H groups in total. The van der Waals surface area contributed by atoms with Crippen molar-refractivity contribution >= 4 is 21.8 Å². The van der Waals surface area contributed by atoms with E-state index < -0.39 is 0 Å². The monoisotopic (exact) mass is 463 g/mol. The van der Waals surface area contributed by atoms with E-state index >= 15 is 0 Å². The lowest BCUT2D eigenvalue weighted by atomic mass is 9.95. The molecule has 1 aliphatic carbocycles. The van der Waals surface area contributed by atoms with Crippen LogP contribution in [-0.4, -0.2) is 4.57 Å². The molecule has 5 aromatic carbocycles. The average Bonchev–Trinajstić information content (AvgIpc) is 3.47. The third-order valence-electron chi connectivity index (χ3n) is 8.12. The fourth-order valence-electron chi connectivity index (χ4n) is 5.92. The number of para-hydroxylation sites is 1. The Morgan fingerprint density at radius 2 is 1.31 bits per heavy atom. The summed E-state index contributed by atoms with van der Waals surface area (Å²) in [4.78, 5) is 0. The van der Waals surface area contributed by atoms with Gasteiger partial charge in [-0.3, -0.25) is 0 Å². The van der Waals surface area contributed by atoms with Gasteiger partial charge in [0.25, 0.3) is 0 Å². The van der Waals surface area contributed by atoms with Crippen LogP contribution >= 0.6 is 0 Å². The highest BCUT2D eigenvalue weighted by molar-refractivity contribution is 6.10. The lowest BCUT2D eigenvalue weighted by Crippen LogP contribution is -1.94. The van der Waals surface area contributed by atoms with Crippen molar-refractivity contribution < 1.29 is 0 Å². The molecule has 0 fully saturated rings. The molecule has 174 valence electrons. The zero-order valence-electron chi connectivity index (χ0n) is 20.8. The molecule has 36 heavy (non-hydrogen) atoms. The van der Waals surface area contributed by atoms with Gasteiger partial charge in [-0.2, -0.15) is 0 Å². The first-order valence-corrected chi connectivity index (χ1v) is 13.1. The second-order valence-corrected chi connectivity index (χ2v) is 10.2. The molecule has 1 aliphatic rings. The maximum Gasteiger partial charge on any atom is 0.0541 e. The summed E-state index contributed by atoms with van der Waals surface area (Å²) >= 11 is 0. The average molecular weight is 464 g/mol. The van der Waals surface area contributed by atoms with Crippen molar-refractivity contribution in [2.24, 2.45) is 0 Å². The van der Waals surface area contributed by atoms with Gasteiger partial charge in [0, 0.05) is 16.5 Å². The number of hydrogen-bond acceptors (Lipinski definition) is 0. The highest BCUT2D eigenvalue weighted by Gasteiger charge is 2.19. The minimum absolute atomic E-state index is 0.546. The van der Waals surface area contributed by atoms with Gasteiger partial charge >= 0.3 is 0 Å². The summed E-state index contributed by atoms with van der Waals surface area (Å²) in [6.07, 6.45) is 2.18. The van der Waals surface area contributed by atoms with Crippen molar-refractivity contribution in [3.8, 4) is 27.9 Å². The summed E-state index contributed by atoms with van der Waals surface area (Å²) in [6, 6.07) is 40.6. The number of hydrogen-bond donors (Lipinski definition) is 0. The Hall–Kier alpha value is -4.10. The van der Waals surface area contributed by atoms with E-state index in [1.165, 1.54) is 66.4 Å². The van der Waals surface area contributed by atoms with E-state index in [2.05, 4.69) is 128 Å². The normalized spacial score (nSPS) is 13.2. The number of nitrogens with zero attached hydrogens (tertiary/aromatic N) is 1. The molecule has 1 atom stereocenters. The lowest BCUT2D eigenvalue weighted by Gasteiger charge is -2.10. The van der Waals surface area contributed by atoms with Gasteiger partial charge in [0.15, 0.2) is 0 Å². The first-order chi connectivity index (χ1) is 17.7. The number of rotatable bonds is 4. The molecule has 0 amide bonds. The summed E-state index contributed by atoms with van der Waals surface area (Å²) in [6.45, 7) is 4.59. The van der Waals surface area contributed by atoms with Crippen molar-refractivity contribution in [2.45, 2.75) is 32.6 Å². The SMILES string of the molecule is CCC(C)c1ccc2c(c1)c1cc(-c3ccc4c(c3)-c3ccccc3C4)ccc1n2-c1ccccc1. The van der Waals surface area contributed by atoms with E-state index in [1.54, 1.807) is 0 Å². The standard InChI is InChI=1S/C35H29N/c1-3-23(2)24-15-17-34-32(20-24)33-22-26(16-18-35(33)36(34)29-10-5-4-6-11-29)25-13-14-28-19-27-9-7-8-12-30(27)31(28)21-25/h4-18,20-23H,3,19H2,1-2H3. The molecule has 1 unspecified atom stereocenters. The minimum atomic E-state index is 0.546. The van der Waals surface area contributed by atoms with E-state index in [1.807, 2.05) is 0 Å². The highest BCUT2D eigenvalue weighted by Crippen LogP contribution is 2.40. The van der Waals surface area contributed by atoms with Gasteiger partial charge in [-0.05, 0) is 100 Å². The molecular weight excluding hydrogens is 434 g/mol. The molecule has 1 heteroatoms. The smallest absolute Gasteiger partial charge is 0.0541 e. The van der Waals surface area contributed by atoms with Crippen LogP contribution in [0.4, 0.5) is 0 Å². The first-order valence-electron chi connectivity index (χ1n) is 13.1. The van der Waals surface area contributed by atoms with Gasteiger partial charge in [0.2, 0.25) is 0 Å². The van der Waals surface area contributed by atoms with Crippen molar-refractivity contribution in [3.63, 3.8) is 0 Å². The van der Waals surface area contributed by atoms with Gasteiger partial charge in [0.1, 0.15) is 0 Å². The van der Waals surface area contributed by atoms with Crippen LogP contribution in [-0.2, 0) is 6.42 Å². The third kappa shape index (κ3) is 3.23. The summed E-state index contributed by atoms with van der Waals surface area (Å²) in [5.41, 5.74) is 13.3. The molecule has 0 spiro atoms. The highest BCUT2D eigenvalue weighted by atomic mass is 15.0. The van der Waals surface area contributed by atoms with E-state index in [0.29, 0.717) is 5.92 Å². The second-order valence-electron chi connectivity index (χ2n) is 10.2. The Bertz CT molecular complexity index is 1750. The molecule has 6 aromatic rings. The second kappa shape index (κ2) is 8.24. The van der Waals surface area contributed by atoms with E-state index in [4.69, 9.17) is 0 Å². The molecule has 1 nitrogen and oxygen atoms in total. The van der Waals surface area contributed by atoms with E-state index in [9.17, 15) is 0 Å². The largest absolute Gasteiger partial charge is 0.309 e. The minimum Gasteiger partial charge on any atom is -0.309 e. The van der Waals surface area contributed by atoms with Crippen LogP contribution in [0, 0.1) is 0 Å². The quantitative estimate of drug-likeness (QED) is 0.245.